The molecule has 1 amide bonds. The minimum atomic E-state index is -0.135. The first-order valence-corrected chi connectivity index (χ1v) is 9.39. The van der Waals surface area contributed by atoms with Crippen LogP contribution in [0.3, 0.4) is 0 Å². The number of benzene rings is 1. The molecule has 2 aromatic rings. The van der Waals surface area contributed by atoms with Gasteiger partial charge in [-0.15, -0.1) is 0 Å². The van der Waals surface area contributed by atoms with Crippen LogP contribution in [-0.2, 0) is 4.79 Å². The van der Waals surface area contributed by atoms with E-state index in [0.29, 0.717) is 5.92 Å². The zero-order chi connectivity index (χ0) is 17.1. The maximum Gasteiger partial charge on any atom is 0.244 e. The van der Waals surface area contributed by atoms with Gasteiger partial charge in [0.15, 0.2) is 0 Å². The van der Waals surface area contributed by atoms with Crippen LogP contribution in [0.15, 0.2) is 42.7 Å². The van der Waals surface area contributed by atoms with E-state index in [1.54, 1.807) is 0 Å². The number of nitrogens with one attached hydrogen (secondary N) is 1. The van der Waals surface area contributed by atoms with Crippen LogP contribution < -0.4 is 0 Å². The first kappa shape index (κ1) is 16.3. The Morgan fingerprint density at radius 1 is 1.08 bits per heavy atom. The minimum absolute atomic E-state index is 0.135. The molecule has 0 unspecified atom stereocenters. The van der Waals surface area contributed by atoms with Gasteiger partial charge in [0.2, 0.25) is 5.91 Å². The van der Waals surface area contributed by atoms with E-state index < -0.39 is 0 Å². The fourth-order valence-electron chi connectivity index (χ4n) is 4.23. The standard InChI is InChI=1S/C20H26N4O/c25-20(24-10-4-5-11-24)19(17-6-2-1-3-7-17)23-12-8-16(9-13-23)18-14-21-22-15-18/h1-3,6-7,14-16,19H,4-5,8-13H2,(H,21,22)/t19-/m0/s1. The third kappa shape index (κ3) is 3.47. The Bertz CT molecular complexity index is 671. The molecule has 1 atom stereocenters. The highest BCUT2D eigenvalue weighted by atomic mass is 16.2. The average molecular weight is 338 g/mol. The lowest BCUT2D eigenvalue weighted by Crippen LogP contribution is -2.45. The molecule has 2 aliphatic rings. The molecule has 0 spiro atoms. The number of aromatic nitrogens is 2. The van der Waals surface area contributed by atoms with Crippen molar-refractivity contribution in [1.82, 2.24) is 20.0 Å². The monoisotopic (exact) mass is 338 g/mol. The van der Waals surface area contributed by atoms with Crippen molar-refractivity contribution < 1.29 is 4.79 Å². The van der Waals surface area contributed by atoms with Gasteiger partial charge in [-0.2, -0.15) is 5.10 Å². The molecule has 3 heterocycles. The van der Waals surface area contributed by atoms with Crippen LogP contribution in [0.1, 0.15) is 48.8 Å². The average Bonchev–Trinajstić information content (AvgIpc) is 3.37. The molecule has 1 aromatic carbocycles. The summed E-state index contributed by atoms with van der Waals surface area (Å²) in [6, 6.07) is 10.2. The highest BCUT2D eigenvalue weighted by molar-refractivity contribution is 5.83. The number of hydrogen-bond donors (Lipinski definition) is 1. The molecule has 1 N–H and O–H groups in total. The van der Waals surface area contributed by atoms with E-state index in [1.807, 2.05) is 30.6 Å². The number of aromatic amines is 1. The number of carbonyl (C=O) groups excluding carboxylic acids is 1. The van der Waals surface area contributed by atoms with Crippen LogP contribution >= 0.6 is 0 Å². The van der Waals surface area contributed by atoms with Gasteiger partial charge in [-0.3, -0.25) is 14.8 Å². The summed E-state index contributed by atoms with van der Waals surface area (Å²) in [4.78, 5) is 17.7. The lowest BCUT2D eigenvalue weighted by Gasteiger charge is -2.38. The SMILES string of the molecule is O=C([C@H](c1ccccc1)N1CCC(c2cn[nH]c2)CC1)N1CCCC1. The molecule has 0 radical (unpaired) electrons. The quantitative estimate of drug-likeness (QED) is 0.932. The molecule has 4 rings (SSSR count). The smallest absolute Gasteiger partial charge is 0.244 e. The minimum Gasteiger partial charge on any atom is -0.341 e. The van der Waals surface area contributed by atoms with Crippen molar-refractivity contribution in [2.75, 3.05) is 26.2 Å². The van der Waals surface area contributed by atoms with Crippen molar-refractivity contribution in [3.63, 3.8) is 0 Å². The van der Waals surface area contributed by atoms with Gasteiger partial charge in [-0.05, 0) is 55.8 Å². The summed E-state index contributed by atoms with van der Waals surface area (Å²) in [6.45, 7) is 3.73. The number of hydrogen-bond acceptors (Lipinski definition) is 3. The molecule has 5 nitrogen and oxygen atoms in total. The molecule has 0 aliphatic carbocycles. The summed E-state index contributed by atoms with van der Waals surface area (Å²) >= 11 is 0. The highest BCUT2D eigenvalue weighted by Crippen LogP contribution is 2.33. The molecule has 0 saturated carbocycles. The van der Waals surface area contributed by atoms with E-state index in [4.69, 9.17) is 0 Å². The molecule has 132 valence electrons. The van der Waals surface area contributed by atoms with E-state index >= 15 is 0 Å². The van der Waals surface area contributed by atoms with Gasteiger partial charge >= 0.3 is 0 Å². The second kappa shape index (κ2) is 7.40. The van der Waals surface area contributed by atoms with Crippen LogP contribution in [0.5, 0.6) is 0 Å². The molecule has 2 saturated heterocycles. The Hall–Kier alpha value is -2.14. The van der Waals surface area contributed by atoms with E-state index in [9.17, 15) is 4.79 Å². The maximum atomic E-state index is 13.2. The molecule has 2 fully saturated rings. The second-order valence-electron chi connectivity index (χ2n) is 7.19. The first-order chi connectivity index (χ1) is 12.3. The lowest BCUT2D eigenvalue weighted by atomic mass is 9.90. The van der Waals surface area contributed by atoms with Gasteiger partial charge in [-0.25, -0.2) is 0 Å². The van der Waals surface area contributed by atoms with Crippen LogP contribution in [0.25, 0.3) is 0 Å². The number of H-pyrrole nitrogens is 1. The molecule has 25 heavy (non-hydrogen) atoms. The summed E-state index contributed by atoms with van der Waals surface area (Å²) in [6.07, 6.45) is 8.37. The van der Waals surface area contributed by atoms with Crippen molar-refractivity contribution in [3.8, 4) is 0 Å². The van der Waals surface area contributed by atoms with Gasteiger partial charge in [0.25, 0.3) is 0 Å². The van der Waals surface area contributed by atoms with Gasteiger partial charge in [0.1, 0.15) is 6.04 Å². The van der Waals surface area contributed by atoms with Crippen LogP contribution in [-0.4, -0.2) is 52.1 Å². The zero-order valence-electron chi connectivity index (χ0n) is 14.6. The highest BCUT2D eigenvalue weighted by Gasteiger charge is 2.34. The number of likely N-dealkylation sites (tertiary alicyclic amines) is 2. The van der Waals surface area contributed by atoms with E-state index in [0.717, 1.165) is 57.4 Å². The third-order valence-electron chi connectivity index (χ3n) is 5.65. The molecular weight excluding hydrogens is 312 g/mol. The number of carbonyl (C=O) groups is 1. The van der Waals surface area contributed by atoms with Gasteiger partial charge < -0.3 is 4.90 Å². The van der Waals surface area contributed by atoms with Crippen molar-refractivity contribution in [3.05, 3.63) is 53.9 Å². The predicted molar refractivity (Wildman–Crippen MR) is 97.1 cm³/mol. The molecule has 2 aliphatic heterocycles. The first-order valence-electron chi connectivity index (χ1n) is 9.39. The number of rotatable bonds is 4. The molecule has 5 heteroatoms. The second-order valence-corrected chi connectivity index (χ2v) is 7.19. The largest absolute Gasteiger partial charge is 0.341 e. The molecular formula is C20H26N4O. The van der Waals surface area contributed by atoms with Crippen LogP contribution in [0.4, 0.5) is 0 Å². The van der Waals surface area contributed by atoms with E-state index in [-0.39, 0.29) is 11.9 Å². The molecule has 0 bridgehead atoms. The van der Waals surface area contributed by atoms with Gasteiger partial charge in [-0.1, -0.05) is 30.3 Å². The fraction of sp³-hybridized carbons (Fsp3) is 0.500. The summed E-state index contributed by atoms with van der Waals surface area (Å²) in [7, 11) is 0. The van der Waals surface area contributed by atoms with Crippen molar-refractivity contribution in [2.45, 2.75) is 37.6 Å². The molecule has 1 aromatic heterocycles. The Morgan fingerprint density at radius 2 is 1.80 bits per heavy atom. The summed E-state index contributed by atoms with van der Waals surface area (Å²) in [5.74, 6) is 0.832. The van der Waals surface area contributed by atoms with Crippen molar-refractivity contribution >= 4 is 5.91 Å². The van der Waals surface area contributed by atoms with Gasteiger partial charge in [0.05, 0.1) is 6.20 Å². The van der Waals surface area contributed by atoms with Gasteiger partial charge in [0, 0.05) is 19.3 Å². The Balaban J connectivity index is 1.51. The Morgan fingerprint density at radius 3 is 2.44 bits per heavy atom. The van der Waals surface area contributed by atoms with E-state index in [2.05, 4.69) is 32.1 Å². The normalized spacial score (nSPS) is 20.7. The zero-order valence-corrected chi connectivity index (χ0v) is 14.6. The third-order valence-corrected chi connectivity index (χ3v) is 5.65. The topological polar surface area (TPSA) is 52.2 Å². The Kier molecular flexibility index (Phi) is 4.83. The Labute approximate surface area is 149 Å². The number of piperidine rings is 1. The van der Waals surface area contributed by atoms with Crippen LogP contribution in [0, 0.1) is 0 Å². The lowest BCUT2D eigenvalue weighted by molar-refractivity contribution is -0.136. The summed E-state index contributed by atoms with van der Waals surface area (Å²) < 4.78 is 0. The fourth-order valence-corrected chi connectivity index (χ4v) is 4.23. The predicted octanol–water partition coefficient (Wildman–Crippen LogP) is 2.95. The number of amides is 1. The maximum absolute atomic E-state index is 13.2. The van der Waals surface area contributed by atoms with Crippen molar-refractivity contribution in [2.24, 2.45) is 0 Å². The number of nitrogens with zero attached hydrogens (tertiary/aromatic N) is 3. The van der Waals surface area contributed by atoms with Crippen molar-refractivity contribution in [1.29, 1.82) is 0 Å². The van der Waals surface area contributed by atoms with Crippen LogP contribution in [0.2, 0.25) is 0 Å². The summed E-state index contributed by atoms with van der Waals surface area (Å²) in [5, 5.41) is 7.00. The summed E-state index contributed by atoms with van der Waals surface area (Å²) in [5.41, 5.74) is 2.42. The van der Waals surface area contributed by atoms with E-state index in [1.165, 1.54) is 5.56 Å².